The number of aliphatic hydroxyl groups excluding tert-OH is 1. The van der Waals surface area contributed by atoms with Crippen molar-refractivity contribution in [2.24, 2.45) is 0 Å². The Morgan fingerprint density at radius 3 is 3.08 bits per heavy atom. The first-order valence-corrected chi connectivity index (χ1v) is 4.78. The Morgan fingerprint density at radius 1 is 1.77 bits per heavy atom. The highest BCUT2D eigenvalue weighted by Gasteiger charge is 2.26. The number of nitrogens with zero attached hydrogens (tertiary/aromatic N) is 1. The molecule has 1 heterocycles. The predicted molar refractivity (Wildman–Crippen MR) is 50.3 cm³/mol. The van der Waals surface area contributed by atoms with Gasteiger partial charge in [-0.15, -0.1) is 0 Å². The summed E-state index contributed by atoms with van der Waals surface area (Å²) in [6.45, 7) is 5.50. The third-order valence-corrected chi connectivity index (χ3v) is 2.60. The van der Waals surface area contributed by atoms with Gasteiger partial charge in [0.2, 0.25) is 5.91 Å². The van der Waals surface area contributed by atoms with Crippen LogP contribution in [0.3, 0.4) is 0 Å². The van der Waals surface area contributed by atoms with E-state index in [4.69, 9.17) is 5.11 Å². The summed E-state index contributed by atoms with van der Waals surface area (Å²) >= 11 is 0. The van der Waals surface area contributed by atoms with Gasteiger partial charge in [-0.05, 0) is 20.3 Å². The van der Waals surface area contributed by atoms with Crippen LogP contribution in [0.15, 0.2) is 0 Å². The van der Waals surface area contributed by atoms with E-state index in [1.54, 1.807) is 0 Å². The highest BCUT2D eigenvalue weighted by Crippen LogP contribution is 2.10. The van der Waals surface area contributed by atoms with Crippen LogP contribution in [-0.4, -0.2) is 47.7 Å². The lowest BCUT2D eigenvalue weighted by Crippen LogP contribution is -2.56. The van der Waals surface area contributed by atoms with Gasteiger partial charge in [0.1, 0.15) is 0 Å². The molecule has 1 rings (SSSR count). The zero-order chi connectivity index (χ0) is 9.84. The van der Waals surface area contributed by atoms with Gasteiger partial charge in [0.25, 0.3) is 0 Å². The number of aliphatic hydroxyl groups is 1. The number of amides is 1. The first kappa shape index (κ1) is 10.5. The zero-order valence-electron chi connectivity index (χ0n) is 8.29. The average molecular weight is 186 g/mol. The zero-order valence-corrected chi connectivity index (χ0v) is 8.29. The molecule has 2 atom stereocenters. The van der Waals surface area contributed by atoms with E-state index in [0.29, 0.717) is 19.1 Å². The minimum Gasteiger partial charge on any atom is -0.396 e. The van der Waals surface area contributed by atoms with Crippen LogP contribution >= 0.6 is 0 Å². The van der Waals surface area contributed by atoms with E-state index in [1.807, 2.05) is 6.92 Å². The number of piperazine rings is 1. The Morgan fingerprint density at radius 2 is 2.46 bits per heavy atom. The van der Waals surface area contributed by atoms with E-state index in [1.165, 1.54) is 0 Å². The van der Waals surface area contributed by atoms with Crippen molar-refractivity contribution in [2.75, 3.05) is 19.7 Å². The van der Waals surface area contributed by atoms with Crippen molar-refractivity contribution in [3.8, 4) is 0 Å². The maximum absolute atomic E-state index is 11.1. The topological polar surface area (TPSA) is 52.6 Å². The molecule has 4 heteroatoms. The maximum Gasteiger partial charge on any atom is 0.234 e. The minimum atomic E-state index is 0.0860. The van der Waals surface area contributed by atoms with Crippen LogP contribution in [0.25, 0.3) is 0 Å². The summed E-state index contributed by atoms with van der Waals surface area (Å²) in [5.41, 5.74) is 0. The third kappa shape index (κ3) is 2.67. The SMILES string of the molecule is CC(CCO)N1CC(=O)NCC1C. The van der Waals surface area contributed by atoms with Crippen molar-refractivity contribution >= 4 is 5.91 Å². The predicted octanol–water partition coefficient (Wildman–Crippen LogP) is -0.422. The van der Waals surface area contributed by atoms with Crippen LogP contribution in [-0.2, 0) is 4.79 Å². The van der Waals surface area contributed by atoms with Crippen molar-refractivity contribution < 1.29 is 9.90 Å². The first-order valence-electron chi connectivity index (χ1n) is 4.78. The van der Waals surface area contributed by atoms with Crippen LogP contribution in [0.2, 0.25) is 0 Å². The molecule has 76 valence electrons. The van der Waals surface area contributed by atoms with Crippen molar-refractivity contribution in [1.29, 1.82) is 0 Å². The van der Waals surface area contributed by atoms with Gasteiger partial charge in [0.05, 0.1) is 6.54 Å². The summed E-state index contributed by atoms with van der Waals surface area (Å²) in [5.74, 6) is 0.0860. The summed E-state index contributed by atoms with van der Waals surface area (Å²) < 4.78 is 0. The fourth-order valence-corrected chi connectivity index (χ4v) is 1.70. The molecule has 0 aliphatic carbocycles. The van der Waals surface area contributed by atoms with E-state index < -0.39 is 0 Å². The lowest BCUT2D eigenvalue weighted by Gasteiger charge is -2.37. The molecule has 13 heavy (non-hydrogen) atoms. The molecular weight excluding hydrogens is 168 g/mol. The molecule has 0 spiro atoms. The highest BCUT2D eigenvalue weighted by atomic mass is 16.3. The van der Waals surface area contributed by atoms with Crippen molar-refractivity contribution in [2.45, 2.75) is 32.4 Å². The van der Waals surface area contributed by atoms with Gasteiger partial charge in [0.15, 0.2) is 0 Å². The number of nitrogens with one attached hydrogen (secondary N) is 1. The number of hydrogen-bond acceptors (Lipinski definition) is 3. The lowest BCUT2D eigenvalue weighted by atomic mass is 10.1. The fraction of sp³-hybridized carbons (Fsp3) is 0.889. The molecule has 0 saturated carbocycles. The molecule has 0 bridgehead atoms. The Kier molecular flexibility index (Phi) is 3.69. The standard InChI is InChI=1S/C9H18N2O2/c1-7(3-4-12)11-6-9(13)10-5-8(11)2/h7-8,12H,3-6H2,1-2H3,(H,10,13). The minimum absolute atomic E-state index is 0.0860. The van der Waals surface area contributed by atoms with E-state index >= 15 is 0 Å². The quantitative estimate of drug-likeness (QED) is 0.629. The smallest absolute Gasteiger partial charge is 0.234 e. The molecule has 4 nitrogen and oxygen atoms in total. The molecule has 1 saturated heterocycles. The molecule has 1 amide bonds. The molecular formula is C9H18N2O2. The van der Waals surface area contributed by atoms with Crippen LogP contribution < -0.4 is 5.32 Å². The second-order valence-corrected chi connectivity index (χ2v) is 3.69. The number of hydrogen-bond donors (Lipinski definition) is 2. The molecule has 0 radical (unpaired) electrons. The average Bonchev–Trinajstić information content (AvgIpc) is 2.09. The number of rotatable bonds is 3. The fourth-order valence-electron chi connectivity index (χ4n) is 1.70. The molecule has 2 unspecified atom stereocenters. The Labute approximate surface area is 78.9 Å². The lowest BCUT2D eigenvalue weighted by molar-refractivity contribution is -0.126. The van der Waals surface area contributed by atoms with Gasteiger partial charge in [-0.25, -0.2) is 0 Å². The largest absolute Gasteiger partial charge is 0.396 e. The van der Waals surface area contributed by atoms with Crippen LogP contribution in [0.5, 0.6) is 0 Å². The summed E-state index contributed by atoms with van der Waals surface area (Å²) in [6.07, 6.45) is 0.734. The summed E-state index contributed by atoms with van der Waals surface area (Å²) in [5, 5.41) is 11.6. The van der Waals surface area contributed by atoms with Gasteiger partial charge < -0.3 is 10.4 Å². The van der Waals surface area contributed by atoms with E-state index in [2.05, 4.69) is 17.1 Å². The molecule has 2 N–H and O–H groups in total. The van der Waals surface area contributed by atoms with Crippen LogP contribution in [0.1, 0.15) is 20.3 Å². The third-order valence-electron chi connectivity index (χ3n) is 2.60. The van der Waals surface area contributed by atoms with Gasteiger partial charge in [0, 0.05) is 25.2 Å². The Balaban J connectivity index is 2.49. The molecule has 0 aromatic heterocycles. The molecule has 1 fully saturated rings. The normalized spacial score (nSPS) is 27.0. The van der Waals surface area contributed by atoms with Crippen molar-refractivity contribution in [3.63, 3.8) is 0 Å². The van der Waals surface area contributed by atoms with Crippen LogP contribution in [0.4, 0.5) is 0 Å². The van der Waals surface area contributed by atoms with Crippen LogP contribution in [0, 0.1) is 0 Å². The molecule has 0 aromatic rings. The van der Waals surface area contributed by atoms with E-state index in [0.717, 1.165) is 6.42 Å². The van der Waals surface area contributed by atoms with E-state index in [-0.39, 0.29) is 18.6 Å². The second kappa shape index (κ2) is 4.58. The Hall–Kier alpha value is -0.610. The van der Waals surface area contributed by atoms with Gasteiger partial charge in [-0.1, -0.05) is 0 Å². The summed E-state index contributed by atoms with van der Waals surface area (Å²) in [7, 11) is 0. The van der Waals surface area contributed by atoms with Crippen molar-refractivity contribution in [3.05, 3.63) is 0 Å². The number of carbonyl (C=O) groups is 1. The van der Waals surface area contributed by atoms with Gasteiger partial charge in [-0.2, -0.15) is 0 Å². The summed E-state index contributed by atoms with van der Waals surface area (Å²) in [4.78, 5) is 13.2. The number of carbonyl (C=O) groups excluding carboxylic acids is 1. The van der Waals surface area contributed by atoms with Gasteiger partial charge in [-0.3, -0.25) is 9.69 Å². The Bertz CT molecular complexity index is 184. The first-order chi connectivity index (χ1) is 6.15. The highest BCUT2D eigenvalue weighted by molar-refractivity contribution is 5.78. The molecule has 1 aliphatic rings. The summed E-state index contributed by atoms with van der Waals surface area (Å²) in [6, 6.07) is 0.658. The monoisotopic (exact) mass is 186 g/mol. The molecule has 1 aliphatic heterocycles. The van der Waals surface area contributed by atoms with Gasteiger partial charge >= 0.3 is 0 Å². The van der Waals surface area contributed by atoms with Crippen molar-refractivity contribution in [1.82, 2.24) is 10.2 Å². The second-order valence-electron chi connectivity index (χ2n) is 3.69. The van der Waals surface area contributed by atoms with E-state index in [9.17, 15) is 4.79 Å². The maximum atomic E-state index is 11.1. The molecule has 0 aromatic carbocycles.